The minimum Gasteiger partial charge on any atom is -0.382 e. The van der Waals surface area contributed by atoms with E-state index in [1.54, 1.807) is 7.11 Å². The normalized spacial score (nSPS) is 11.4. The molecule has 0 aliphatic rings. The fourth-order valence-electron chi connectivity index (χ4n) is 2.42. The molecule has 0 spiro atoms. The van der Waals surface area contributed by atoms with E-state index in [9.17, 15) is 0 Å². The molecule has 29 heavy (non-hydrogen) atoms. The van der Waals surface area contributed by atoms with Crippen LogP contribution in [0.15, 0.2) is 12.4 Å². The van der Waals surface area contributed by atoms with Crippen molar-refractivity contribution in [3.05, 3.63) is 18.2 Å². The van der Waals surface area contributed by atoms with Crippen LogP contribution < -0.4 is 4.57 Å². The first-order valence-electron chi connectivity index (χ1n) is 10.4. The number of rotatable bonds is 22. The lowest BCUT2D eigenvalue weighted by Crippen LogP contribution is -2.35. The van der Waals surface area contributed by atoms with Crippen molar-refractivity contribution in [1.29, 1.82) is 0 Å². The standard InChI is InChI=1S/C20H38N2O7/c1-3-22-6-5-21-20(22)4-7-24-10-11-26-14-15-28-18-19-29-17-16-27-13-12-25-9-8-23-2/h5-6H,3-4,7-19H2,1-2H3/p+1. The van der Waals surface area contributed by atoms with Gasteiger partial charge in [0.05, 0.1) is 98.9 Å². The first kappa shape index (κ1) is 26.0. The van der Waals surface area contributed by atoms with Gasteiger partial charge in [-0.1, -0.05) is 0 Å². The fraction of sp³-hybridized carbons (Fsp3) is 0.850. The molecule has 1 N–H and O–H groups in total. The maximum Gasteiger partial charge on any atom is 0.256 e. The minimum absolute atomic E-state index is 0.549. The summed E-state index contributed by atoms with van der Waals surface area (Å²) in [5.41, 5.74) is 0. The van der Waals surface area contributed by atoms with Crippen LogP contribution in [0, 0.1) is 0 Å². The molecule has 170 valence electrons. The van der Waals surface area contributed by atoms with Gasteiger partial charge in [0.25, 0.3) is 5.82 Å². The summed E-state index contributed by atoms with van der Waals surface area (Å²) in [6, 6.07) is 0. The second-order valence-corrected chi connectivity index (χ2v) is 6.11. The van der Waals surface area contributed by atoms with Crippen LogP contribution in [0.5, 0.6) is 0 Å². The zero-order chi connectivity index (χ0) is 20.8. The Morgan fingerprint density at radius 1 is 0.655 bits per heavy atom. The van der Waals surface area contributed by atoms with Gasteiger partial charge in [-0.3, -0.25) is 0 Å². The summed E-state index contributed by atoms with van der Waals surface area (Å²) in [4.78, 5) is 3.23. The van der Waals surface area contributed by atoms with Gasteiger partial charge in [-0.15, -0.1) is 0 Å². The third-order valence-corrected chi connectivity index (χ3v) is 3.97. The monoisotopic (exact) mass is 419 g/mol. The molecule has 9 nitrogen and oxygen atoms in total. The number of methoxy groups -OCH3 is 1. The lowest BCUT2D eigenvalue weighted by molar-refractivity contribution is -0.699. The number of aromatic nitrogens is 2. The Bertz CT molecular complexity index is 460. The number of ether oxygens (including phenoxy) is 7. The van der Waals surface area contributed by atoms with Gasteiger partial charge in [0.1, 0.15) is 12.4 Å². The lowest BCUT2D eigenvalue weighted by Gasteiger charge is -2.08. The van der Waals surface area contributed by atoms with E-state index in [1.165, 1.54) is 5.82 Å². The van der Waals surface area contributed by atoms with Crippen LogP contribution >= 0.6 is 0 Å². The van der Waals surface area contributed by atoms with Crippen LogP contribution in [0.2, 0.25) is 0 Å². The molecule has 1 aromatic heterocycles. The average Bonchev–Trinajstić information content (AvgIpc) is 3.20. The van der Waals surface area contributed by atoms with E-state index in [1.807, 2.05) is 12.4 Å². The molecule has 0 aromatic carbocycles. The van der Waals surface area contributed by atoms with Gasteiger partial charge >= 0.3 is 0 Å². The van der Waals surface area contributed by atoms with Crippen molar-refractivity contribution in [2.24, 2.45) is 0 Å². The summed E-state index contributed by atoms with van der Waals surface area (Å²) in [5.74, 6) is 1.18. The van der Waals surface area contributed by atoms with Crippen LogP contribution in [0.1, 0.15) is 12.7 Å². The second kappa shape index (κ2) is 20.2. The molecule has 1 rings (SSSR count). The summed E-state index contributed by atoms with van der Waals surface area (Å²) >= 11 is 0. The molecule has 0 amide bonds. The van der Waals surface area contributed by atoms with Gasteiger partial charge in [-0.05, 0) is 6.92 Å². The fourth-order valence-corrected chi connectivity index (χ4v) is 2.42. The molecular formula is C20H39N2O7+. The first-order chi connectivity index (χ1) is 14.4. The highest BCUT2D eigenvalue weighted by molar-refractivity contribution is 4.77. The highest BCUT2D eigenvalue weighted by Gasteiger charge is 2.07. The summed E-state index contributed by atoms with van der Waals surface area (Å²) in [6.07, 6.45) is 4.86. The summed E-state index contributed by atoms with van der Waals surface area (Å²) in [7, 11) is 1.65. The van der Waals surface area contributed by atoms with Crippen LogP contribution in [0.25, 0.3) is 0 Å². The van der Waals surface area contributed by atoms with Crippen molar-refractivity contribution >= 4 is 0 Å². The van der Waals surface area contributed by atoms with Gasteiger partial charge in [0.2, 0.25) is 0 Å². The summed E-state index contributed by atoms with van der Waals surface area (Å²) < 4.78 is 39.7. The number of aryl methyl sites for hydroxylation is 1. The Labute approximate surface area is 174 Å². The van der Waals surface area contributed by atoms with E-state index in [0.29, 0.717) is 85.9 Å². The van der Waals surface area contributed by atoms with Gasteiger partial charge < -0.3 is 33.2 Å². The van der Waals surface area contributed by atoms with Crippen molar-refractivity contribution in [1.82, 2.24) is 4.98 Å². The van der Waals surface area contributed by atoms with Crippen LogP contribution in [-0.4, -0.2) is 98.0 Å². The summed E-state index contributed by atoms with van der Waals surface area (Å²) in [6.45, 7) is 10.6. The Morgan fingerprint density at radius 2 is 1.07 bits per heavy atom. The molecular weight excluding hydrogens is 380 g/mol. The number of aromatic amines is 1. The van der Waals surface area contributed by atoms with Gasteiger partial charge in [0, 0.05) is 7.11 Å². The second-order valence-electron chi connectivity index (χ2n) is 6.11. The molecule has 1 aromatic rings. The molecule has 0 saturated carbocycles. The number of H-pyrrole nitrogens is 1. The SMILES string of the molecule is CC[n+]1cc[nH]c1CCOCCOCCOCCOCCOCCOCCOC. The lowest BCUT2D eigenvalue weighted by atomic mass is 10.4. The van der Waals surface area contributed by atoms with Crippen molar-refractivity contribution < 1.29 is 37.7 Å². The van der Waals surface area contributed by atoms with Crippen molar-refractivity contribution in [2.75, 3.05) is 93.0 Å². The molecule has 0 aliphatic carbocycles. The van der Waals surface area contributed by atoms with Crippen molar-refractivity contribution in [3.8, 4) is 0 Å². The van der Waals surface area contributed by atoms with Crippen LogP contribution in [-0.2, 0) is 46.1 Å². The number of nitrogens with one attached hydrogen (secondary N) is 1. The summed E-state index contributed by atoms with van der Waals surface area (Å²) in [5, 5.41) is 0. The number of hydrogen-bond donors (Lipinski definition) is 1. The van der Waals surface area contributed by atoms with E-state index >= 15 is 0 Å². The molecule has 0 atom stereocenters. The molecule has 0 unspecified atom stereocenters. The maximum atomic E-state index is 5.59. The maximum absolute atomic E-state index is 5.59. The molecule has 0 bridgehead atoms. The Kier molecular flexibility index (Phi) is 18.1. The topological polar surface area (TPSA) is 84.3 Å². The molecule has 9 heteroatoms. The van der Waals surface area contributed by atoms with Gasteiger partial charge in [-0.25, -0.2) is 9.55 Å². The predicted octanol–water partition coefficient (Wildman–Crippen LogP) is 0.611. The quantitative estimate of drug-likeness (QED) is 0.218. The van der Waals surface area contributed by atoms with Gasteiger partial charge in [-0.2, -0.15) is 0 Å². The smallest absolute Gasteiger partial charge is 0.256 e. The molecule has 0 fully saturated rings. The number of imidazole rings is 1. The molecule has 0 saturated heterocycles. The first-order valence-corrected chi connectivity index (χ1v) is 10.4. The van der Waals surface area contributed by atoms with E-state index in [0.717, 1.165) is 13.0 Å². The van der Waals surface area contributed by atoms with Crippen molar-refractivity contribution in [3.63, 3.8) is 0 Å². The third-order valence-electron chi connectivity index (χ3n) is 3.97. The predicted molar refractivity (Wildman–Crippen MR) is 107 cm³/mol. The minimum atomic E-state index is 0.549. The van der Waals surface area contributed by atoms with E-state index in [2.05, 4.69) is 16.5 Å². The number of nitrogens with zero attached hydrogens (tertiary/aromatic N) is 1. The molecule has 0 aliphatic heterocycles. The van der Waals surface area contributed by atoms with Gasteiger partial charge in [0.15, 0.2) is 0 Å². The molecule has 1 heterocycles. The highest BCUT2D eigenvalue weighted by Crippen LogP contribution is 1.90. The van der Waals surface area contributed by atoms with E-state index < -0.39 is 0 Å². The van der Waals surface area contributed by atoms with Crippen LogP contribution in [0.3, 0.4) is 0 Å². The zero-order valence-corrected chi connectivity index (χ0v) is 18.1. The Morgan fingerprint density at radius 3 is 1.48 bits per heavy atom. The Balaban J connectivity index is 1.70. The van der Waals surface area contributed by atoms with E-state index in [4.69, 9.17) is 33.2 Å². The number of hydrogen-bond acceptors (Lipinski definition) is 7. The highest BCUT2D eigenvalue weighted by atomic mass is 16.6. The zero-order valence-electron chi connectivity index (χ0n) is 18.1. The average molecular weight is 420 g/mol. The van der Waals surface area contributed by atoms with Crippen molar-refractivity contribution in [2.45, 2.75) is 19.9 Å². The van der Waals surface area contributed by atoms with E-state index in [-0.39, 0.29) is 0 Å². The Hall–Kier alpha value is -1.07. The van der Waals surface area contributed by atoms with Crippen LogP contribution in [0.4, 0.5) is 0 Å². The molecule has 0 radical (unpaired) electrons. The largest absolute Gasteiger partial charge is 0.382 e. The third kappa shape index (κ3) is 15.4.